The molecule has 1 saturated carbocycles. The molecule has 0 aromatic heterocycles. The lowest BCUT2D eigenvalue weighted by Crippen LogP contribution is -2.34. The first kappa shape index (κ1) is 10.4. The van der Waals surface area contributed by atoms with Crippen LogP contribution in [0, 0.1) is 5.92 Å². The second kappa shape index (κ2) is 4.60. The van der Waals surface area contributed by atoms with Gasteiger partial charge in [0.2, 0.25) is 0 Å². The van der Waals surface area contributed by atoms with E-state index in [0.717, 1.165) is 38.3 Å². The maximum absolute atomic E-state index is 9.62. The van der Waals surface area contributed by atoms with E-state index < -0.39 is 0 Å². The van der Waals surface area contributed by atoms with Gasteiger partial charge in [0.05, 0.1) is 5.60 Å². The number of piperidine rings is 1. The lowest BCUT2D eigenvalue weighted by molar-refractivity contribution is 0.139. The van der Waals surface area contributed by atoms with Crippen molar-refractivity contribution in [3.8, 4) is 0 Å². The quantitative estimate of drug-likeness (QED) is 0.563. The Bertz CT molecular complexity index is 174. The number of aliphatic hydroxyl groups is 1. The summed E-state index contributed by atoms with van der Waals surface area (Å²) in [4.78, 5) is 0. The third-order valence-electron chi connectivity index (χ3n) is 3.49. The zero-order valence-corrected chi connectivity index (χ0v) is 8.89. The molecule has 0 aromatic carbocycles. The van der Waals surface area contributed by atoms with E-state index in [1.165, 1.54) is 25.9 Å². The second-order valence-corrected chi connectivity index (χ2v) is 4.87. The maximum atomic E-state index is 9.62. The summed E-state index contributed by atoms with van der Waals surface area (Å²) in [5.74, 6) is 0.852. The molecule has 0 aromatic rings. The topological polar surface area (TPSA) is 44.3 Å². The van der Waals surface area contributed by atoms with E-state index in [0.29, 0.717) is 0 Å². The van der Waals surface area contributed by atoms with Crippen molar-refractivity contribution in [2.75, 3.05) is 26.2 Å². The molecule has 0 atom stereocenters. The molecule has 3 N–H and O–H groups in total. The molecule has 3 heteroatoms. The smallest absolute Gasteiger partial charge is 0.0662 e. The minimum Gasteiger partial charge on any atom is -0.390 e. The van der Waals surface area contributed by atoms with Crippen LogP contribution in [0.15, 0.2) is 0 Å². The molecule has 82 valence electrons. The Balaban J connectivity index is 1.49. The summed E-state index contributed by atoms with van der Waals surface area (Å²) in [5.41, 5.74) is -0.277. The molecule has 0 unspecified atom stereocenters. The van der Waals surface area contributed by atoms with Gasteiger partial charge in [0.25, 0.3) is 0 Å². The molecule has 0 bridgehead atoms. The second-order valence-electron chi connectivity index (χ2n) is 4.87. The van der Waals surface area contributed by atoms with Crippen LogP contribution < -0.4 is 10.6 Å². The van der Waals surface area contributed by atoms with E-state index in [1.54, 1.807) is 0 Å². The monoisotopic (exact) mass is 198 g/mol. The molecule has 14 heavy (non-hydrogen) atoms. The van der Waals surface area contributed by atoms with E-state index in [4.69, 9.17) is 0 Å². The standard InChI is InChI=1S/C11H22N2O/c14-11(3-4-11)5-8-13-9-10-1-6-12-7-2-10/h10,12-14H,1-9H2. The molecule has 2 fully saturated rings. The van der Waals surface area contributed by atoms with Gasteiger partial charge in [0.1, 0.15) is 0 Å². The third kappa shape index (κ3) is 3.23. The summed E-state index contributed by atoms with van der Waals surface area (Å²) in [6.45, 7) is 4.48. The molecule has 2 aliphatic rings. The average Bonchev–Trinajstić information content (AvgIpc) is 2.94. The van der Waals surface area contributed by atoms with E-state index >= 15 is 0 Å². The first-order chi connectivity index (χ1) is 6.79. The van der Waals surface area contributed by atoms with Crippen molar-refractivity contribution in [1.29, 1.82) is 0 Å². The van der Waals surface area contributed by atoms with Crippen LogP contribution in [0.5, 0.6) is 0 Å². The highest BCUT2D eigenvalue weighted by molar-refractivity contribution is 4.93. The maximum Gasteiger partial charge on any atom is 0.0662 e. The Morgan fingerprint density at radius 2 is 2.00 bits per heavy atom. The van der Waals surface area contributed by atoms with E-state index in [9.17, 15) is 5.11 Å². The van der Waals surface area contributed by atoms with Gasteiger partial charge in [0.15, 0.2) is 0 Å². The zero-order chi connectivity index (χ0) is 9.86. The first-order valence-corrected chi connectivity index (χ1v) is 5.92. The number of rotatable bonds is 5. The number of hydrogen-bond acceptors (Lipinski definition) is 3. The van der Waals surface area contributed by atoms with Crippen LogP contribution in [-0.2, 0) is 0 Å². The molecule has 1 aliphatic heterocycles. The molecule has 3 nitrogen and oxygen atoms in total. The molecule has 1 heterocycles. The summed E-state index contributed by atoms with van der Waals surface area (Å²) in [7, 11) is 0. The van der Waals surface area contributed by atoms with Crippen LogP contribution in [0.4, 0.5) is 0 Å². The summed E-state index contributed by atoms with van der Waals surface area (Å²) in [6.07, 6.45) is 5.58. The van der Waals surface area contributed by atoms with Crippen LogP contribution in [0.2, 0.25) is 0 Å². The van der Waals surface area contributed by atoms with Gasteiger partial charge in [-0.25, -0.2) is 0 Å². The minimum absolute atomic E-state index is 0.277. The van der Waals surface area contributed by atoms with Gasteiger partial charge in [-0.2, -0.15) is 0 Å². The summed E-state index contributed by atoms with van der Waals surface area (Å²) in [6, 6.07) is 0. The summed E-state index contributed by atoms with van der Waals surface area (Å²) >= 11 is 0. The van der Waals surface area contributed by atoms with Crippen LogP contribution in [0.1, 0.15) is 32.1 Å². The van der Waals surface area contributed by atoms with Crippen molar-refractivity contribution in [3.63, 3.8) is 0 Å². The Hall–Kier alpha value is -0.120. The highest BCUT2D eigenvalue weighted by Gasteiger charge is 2.39. The van der Waals surface area contributed by atoms with Crippen molar-refractivity contribution < 1.29 is 5.11 Å². The summed E-state index contributed by atoms with van der Waals surface area (Å²) in [5, 5.41) is 16.5. The van der Waals surface area contributed by atoms with E-state index in [-0.39, 0.29) is 5.60 Å². The van der Waals surface area contributed by atoms with Crippen molar-refractivity contribution in [3.05, 3.63) is 0 Å². The highest BCUT2D eigenvalue weighted by atomic mass is 16.3. The zero-order valence-electron chi connectivity index (χ0n) is 8.89. The first-order valence-electron chi connectivity index (χ1n) is 5.92. The van der Waals surface area contributed by atoms with Crippen molar-refractivity contribution >= 4 is 0 Å². The van der Waals surface area contributed by atoms with E-state index in [2.05, 4.69) is 10.6 Å². The fourth-order valence-corrected chi connectivity index (χ4v) is 2.11. The Morgan fingerprint density at radius 3 is 2.64 bits per heavy atom. The lowest BCUT2D eigenvalue weighted by Gasteiger charge is -2.23. The van der Waals surface area contributed by atoms with Gasteiger partial charge in [-0.1, -0.05) is 0 Å². The van der Waals surface area contributed by atoms with Gasteiger partial charge in [0, 0.05) is 0 Å². The van der Waals surface area contributed by atoms with Gasteiger partial charge in [-0.3, -0.25) is 0 Å². The fraction of sp³-hybridized carbons (Fsp3) is 1.00. The fourth-order valence-electron chi connectivity index (χ4n) is 2.11. The largest absolute Gasteiger partial charge is 0.390 e. The summed E-state index contributed by atoms with van der Waals surface area (Å²) < 4.78 is 0. The molecule has 1 aliphatic carbocycles. The predicted molar refractivity (Wildman–Crippen MR) is 57.3 cm³/mol. The Morgan fingerprint density at radius 1 is 1.29 bits per heavy atom. The molecular weight excluding hydrogens is 176 g/mol. The van der Waals surface area contributed by atoms with Gasteiger partial charge < -0.3 is 15.7 Å². The Kier molecular flexibility index (Phi) is 3.42. The molecule has 1 saturated heterocycles. The van der Waals surface area contributed by atoms with Crippen LogP contribution in [0.3, 0.4) is 0 Å². The Labute approximate surface area is 86.3 Å². The predicted octanol–water partition coefficient (Wildman–Crippen LogP) is 0.491. The van der Waals surface area contributed by atoms with Crippen molar-refractivity contribution in [2.45, 2.75) is 37.7 Å². The van der Waals surface area contributed by atoms with Crippen molar-refractivity contribution in [2.24, 2.45) is 5.92 Å². The normalized spacial score (nSPS) is 26.4. The number of nitrogens with one attached hydrogen (secondary N) is 2. The SMILES string of the molecule is OC1(CCNCC2CCNCC2)CC1. The average molecular weight is 198 g/mol. The molecule has 0 radical (unpaired) electrons. The van der Waals surface area contributed by atoms with Crippen molar-refractivity contribution in [1.82, 2.24) is 10.6 Å². The van der Waals surface area contributed by atoms with E-state index in [1.807, 2.05) is 0 Å². The van der Waals surface area contributed by atoms with Crippen LogP contribution in [-0.4, -0.2) is 36.9 Å². The third-order valence-corrected chi connectivity index (χ3v) is 3.49. The van der Waals surface area contributed by atoms with Gasteiger partial charge in [-0.05, 0) is 64.2 Å². The highest BCUT2D eigenvalue weighted by Crippen LogP contribution is 2.37. The number of hydrogen-bond donors (Lipinski definition) is 3. The van der Waals surface area contributed by atoms with Gasteiger partial charge in [-0.15, -0.1) is 0 Å². The lowest BCUT2D eigenvalue weighted by atomic mass is 9.98. The molecular formula is C11H22N2O. The molecule has 2 rings (SSSR count). The van der Waals surface area contributed by atoms with Gasteiger partial charge >= 0.3 is 0 Å². The van der Waals surface area contributed by atoms with Crippen LogP contribution >= 0.6 is 0 Å². The molecule has 0 amide bonds. The van der Waals surface area contributed by atoms with Crippen LogP contribution in [0.25, 0.3) is 0 Å². The molecule has 0 spiro atoms. The minimum atomic E-state index is -0.277.